The van der Waals surface area contributed by atoms with Crippen LogP contribution in [0.3, 0.4) is 0 Å². The molecule has 0 N–H and O–H groups in total. The number of benzene rings is 2. The van der Waals surface area contributed by atoms with Crippen LogP contribution in [0.5, 0.6) is 0 Å². The lowest BCUT2D eigenvalue weighted by Gasteiger charge is -2.37. The van der Waals surface area contributed by atoms with Gasteiger partial charge in [-0.25, -0.2) is 4.39 Å². The molecule has 0 fully saturated rings. The smallest absolute Gasteiger partial charge is 0.221 e. The zero-order valence-electron chi connectivity index (χ0n) is 14.2. The van der Waals surface area contributed by atoms with E-state index in [1.54, 1.807) is 0 Å². The van der Waals surface area contributed by atoms with Gasteiger partial charge in [0.05, 0.1) is 0 Å². The number of alkyl halides is 9. The van der Waals surface area contributed by atoms with Crippen molar-refractivity contribution in [1.29, 1.82) is 0 Å². The van der Waals surface area contributed by atoms with Crippen LogP contribution in [0.2, 0.25) is 0 Å². The summed E-state index contributed by atoms with van der Waals surface area (Å²) in [5, 5.41) is 0. The number of hydrogen-bond acceptors (Lipinski definition) is 0. The molecule has 0 nitrogen and oxygen atoms in total. The fraction of sp³-hybridized carbons (Fsp3) is 0.333. The van der Waals surface area contributed by atoms with Gasteiger partial charge < -0.3 is 0 Å². The van der Waals surface area contributed by atoms with Crippen molar-refractivity contribution in [2.45, 2.75) is 37.8 Å². The number of hydrogen-bond donors (Lipinski definition) is 0. The molecule has 0 saturated heterocycles. The highest BCUT2D eigenvalue weighted by molar-refractivity contribution is 9.10. The predicted octanol–water partition coefficient (Wildman–Crippen LogP) is 7.66. The van der Waals surface area contributed by atoms with Gasteiger partial charge in [-0.2, -0.15) is 35.1 Å². The van der Waals surface area contributed by atoms with Crippen molar-refractivity contribution in [1.82, 2.24) is 0 Å². The average molecular weight is 479 g/mol. The molecular formula is C18H12BrF9. The third kappa shape index (κ3) is 3.40. The van der Waals surface area contributed by atoms with Gasteiger partial charge in [0.2, 0.25) is 0 Å². The van der Waals surface area contributed by atoms with Crippen molar-refractivity contribution in [3.63, 3.8) is 0 Å². The van der Waals surface area contributed by atoms with Crippen molar-refractivity contribution in [2.24, 2.45) is 0 Å². The van der Waals surface area contributed by atoms with Gasteiger partial charge in [0.15, 0.2) is 0 Å². The highest BCUT2D eigenvalue weighted by Crippen LogP contribution is 2.60. The fourth-order valence-corrected chi connectivity index (χ4v) is 3.62. The van der Waals surface area contributed by atoms with E-state index in [0.29, 0.717) is 6.07 Å². The molecule has 0 aliphatic heterocycles. The van der Waals surface area contributed by atoms with E-state index in [4.69, 9.17) is 0 Å². The number of rotatable bonds is 3. The lowest BCUT2D eigenvalue weighted by atomic mass is 9.81. The minimum Gasteiger partial charge on any atom is -0.221 e. The summed E-state index contributed by atoms with van der Waals surface area (Å²) in [7, 11) is 0. The van der Waals surface area contributed by atoms with E-state index < -0.39 is 35.1 Å². The Hall–Kier alpha value is -1.71. The minimum atomic E-state index is -6.78. The molecule has 0 aliphatic rings. The molecule has 0 heterocycles. The van der Waals surface area contributed by atoms with Gasteiger partial charge in [-0.1, -0.05) is 46.3 Å². The maximum absolute atomic E-state index is 15.1. The summed E-state index contributed by atoms with van der Waals surface area (Å²) >= 11 is 2.89. The second kappa shape index (κ2) is 6.96. The highest BCUT2D eigenvalue weighted by atomic mass is 79.9. The van der Waals surface area contributed by atoms with Gasteiger partial charge in [0, 0.05) is 15.6 Å². The molecule has 154 valence electrons. The molecule has 0 radical (unpaired) electrons. The molecule has 2 aromatic carbocycles. The first kappa shape index (κ1) is 22.6. The first-order valence-electron chi connectivity index (χ1n) is 7.62. The first-order valence-corrected chi connectivity index (χ1v) is 8.41. The second-order valence-corrected chi connectivity index (χ2v) is 7.07. The van der Waals surface area contributed by atoms with Gasteiger partial charge in [-0.15, -0.1) is 0 Å². The Kier molecular flexibility index (Phi) is 5.62. The minimum absolute atomic E-state index is 0.117. The fourth-order valence-electron chi connectivity index (χ4n) is 2.84. The Morgan fingerprint density at radius 1 is 0.750 bits per heavy atom. The summed E-state index contributed by atoms with van der Waals surface area (Å²) in [5.74, 6) is -6.73. The van der Waals surface area contributed by atoms with E-state index in [2.05, 4.69) is 15.9 Å². The Bertz CT molecular complexity index is 884. The molecule has 2 rings (SSSR count). The van der Waals surface area contributed by atoms with Gasteiger partial charge in [0.25, 0.3) is 0 Å². The molecule has 28 heavy (non-hydrogen) atoms. The van der Waals surface area contributed by atoms with Crippen LogP contribution in [-0.2, 0) is 5.67 Å². The molecule has 0 bridgehead atoms. The summed E-state index contributed by atoms with van der Waals surface area (Å²) in [6, 6.07) is 7.00. The van der Waals surface area contributed by atoms with Crippen LogP contribution in [-0.4, -0.2) is 18.3 Å². The third-order valence-electron chi connectivity index (χ3n) is 4.20. The Balaban J connectivity index is 3.04. The zero-order chi connectivity index (χ0) is 21.7. The summed E-state index contributed by atoms with van der Waals surface area (Å²) in [6.07, 6.45) is -13.3. The van der Waals surface area contributed by atoms with Crippen molar-refractivity contribution in [3.05, 3.63) is 57.6 Å². The summed E-state index contributed by atoms with van der Waals surface area (Å²) in [4.78, 5) is 0. The van der Waals surface area contributed by atoms with Gasteiger partial charge >= 0.3 is 23.9 Å². The highest BCUT2D eigenvalue weighted by Gasteiger charge is 2.82. The van der Waals surface area contributed by atoms with E-state index >= 15 is 4.39 Å². The molecule has 1 atom stereocenters. The van der Waals surface area contributed by atoms with Crippen LogP contribution >= 0.6 is 15.9 Å². The third-order valence-corrected chi connectivity index (χ3v) is 4.82. The van der Waals surface area contributed by atoms with Crippen LogP contribution in [0, 0.1) is 13.8 Å². The molecule has 0 spiro atoms. The lowest BCUT2D eigenvalue weighted by molar-refractivity contribution is -0.389. The van der Waals surface area contributed by atoms with Gasteiger partial charge in [0.1, 0.15) is 0 Å². The van der Waals surface area contributed by atoms with E-state index in [0.717, 1.165) is 6.92 Å². The van der Waals surface area contributed by atoms with Crippen LogP contribution in [0.15, 0.2) is 40.9 Å². The van der Waals surface area contributed by atoms with Gasteiger partial charge in [-0.3, -0.25) is 0 Å². The second-order valence-electron chi connectivity index (χ2n) is 6.21. The van der Waals surface area contributed by atoms with Gasteiger partial charge in [-0.05, 0) is 36.6 Å². The molecule has 0 amide bonds. The SMILES string of the molecule is Cc1cc(Br)c(-c2ccccc2C)c(C(F)(C(F)(F)F)C(F)(F)C(F)(F)F)c1. The predicted molar refractivity (Wildman–Crippen MR) is 88.9 cm³/mol. The van der Waals surface area contributed by atoms with Crippen LogP contribution < -0.4 is 0 Å². The Labute approximate surface area is 162 Å². The Morgan fingerprint density at radius 3 is 1.75 bits per heavy atom. The number of aryl methyl sites for hydroxylation is 2. The van der Waals surface area contributed by atoms with E-state index in [1.807, 2.05) is 0 Å². The van der Waals surface area contributed by atoms with Crippen molar-refractivity contribution in [3.8, 4) is 11.1 Å². The van der Waals surface area contributed by atoms with Crippen LogP contribution in [0.25, 0.3) is 11.1 Å². The van der Waals surface area contributed by atoms with Crippen molar-refractivity contribution < 1.29 is 39.5 Å². The molecular weight excluding hydrogens is 467 g/mol. The first-order chi connectivity index (χ1) is 12.6. The molecule has 0 saturated carbocycles. The lowest BCUT2D eigenvalue weighted by Crippen LogP contribution is -2.60. The average Bonchev–Trinajstić information content (AvgIpc) is 2.52. The van der Waals surface area contributed by atoms with Crippen molar-refractivity contribution >= 4 is 15.9 Å². The van der Waals surface area contributed by atoms with Crippen LogP contribution in [0.4, 0.5) is 39.5 Å². The summed E-state index contributed by atoms with van der Waals surface area (Å²) in [6.45, 7) is 2.55. The van der Waals surface area contributed by atoms with E-state index in [-0.39, 0.29) is 21.2 Å². The topological polar surface area (TPSA) is 0 Å². The molecule has 0 aliphatic carbocycles. The normalized spacial score (nSPS) is 15.4. The zero-order valence-corrected chi connectivity index (χ0v) is 15.8. The van der Waals surface area contributed by atoms with E-state index in [9.17, 15) is 35.1 Å². The molecule has 10 heteroatoms. The Morgan fingerprint density at radius 2 is 1.29 bits per heavy atom. The van der Waals surface area contributed by atoms with Crippen molar-refractivity contribution in [2.75, 3.05) is 0 Å². The monoisotopic (exact) mass is 478 g/mol. The largest absolute Gasteiger partial charge is 0.457 e. The summed E-state index contributed by atoms with van der Waals surface area (Å²) < 4.78 is 122. The molecule has 0 aromatic heterocycles. The number of halogens is 10. The standard InChI is InChI=1S/C18H12BrF9/c1-9-7-12(14(13(19)8-9)11-6-4-3-5-10(11)2)15(20,17(23,24)25)16(21,22)18(26,27)28/h3-8H,1-2H3. The summed E-state index contributed by atoms with van der Waals surface area (Å²) in [5.41, 5.74) is -8.55. The quantitative estimate of drug-likeness (QED) is 0.397. The van der Waals surface area contributed by atoms with E-state index in [1.165, 1.54) is 37.3 Å². The van der Waals surface area contributed by atoms with Crippen LogP contribution in [0.1, 0.15) is 16.7 Å². The molecule has 2 aromatic rings. The maximum Gasteiger partial charge on any atom is 0.457 e. The maximum atomic E-state index is 15.1. The molecule has 1 unspecified atom stereocenters.